The molecule has 0 spiro atoms. The molecule has 4 nitrogen and oxygen atoms in total. The zero-order valence-electron chi connectivity index (χ0n) is 15.5. The standard InChI is InChI=1S/C19H24F3NO3/c1-6-13(17(25)26-18(3,4)5)11-16(24)23-12(2)14-7-9-15(10-8-14)19(20,21)22/h6-10,12H,11H2,1-5H3,(H,23,24)/b13-6+/t12-/m0/s1. The van der Waals surface area contributed by atoms with Gasteiger partial charge in [0, 0.05) is 5.57 Å². The summed E-state index contributed by atoms with van der Waals surface area (Å²) in [6.45, 7) is 8.47. The van der Waals surface area contributed by atoms with Gasteiger partial charge in [-0.2, -0.15) is 13.2 Å². The maximum absolute atomic E-state index is 12.6. The Morgan fingerprint density at radius 2 is 1.69 bits per heavy atom. The molecule has 1 aromatic carbocycles. The van der Waals surface area contributed by atoms with Crippen LogP contribution in [-0.2, 0) is 20.5 Å². The predicted molar refractivity (Wildman–Crippen MR) is 92.2 cm³/mol. The van der Waals surface area contributed by atoms with Crippen molar-refractivity contribution >= 4 is 11.9 Å². The topological polar surface area (TPSA) is 55.4 Å². The van der Waals surface area contributed by atoms with Crippen molar-refractivity contribution in [2.45, 2.75) is 58.9 Å². The molecule has 0 radical (unpaired) electrons. The number of allylic oxidation sites excluding steroid dienone is 1. The number of rotatable bonds is 5. The third-order valence-corrected chi connectivity index (χ3v) is 3.48. The molecule has 0 aromatic heterocycles. The monoisotopic (exact) mass is 371 g/mol. The van der Waals surface area contributed by atoms with E-state index in [0.29, 0.717) is 5.56 Å². The van der Waals surface area contributed by atoms with E-state index in [0.717, 1.165) is 12.1 Å². The molecule has 0 aliphatic rings. The lowest BCUT2D eigenvalue weighted by Crippen LogP contribution is -2.30. The van der Waals surface area contributed by atoms with Crippen LogP contribution in [0.15, 0.2) is 35.9 Å². The van der Waals surface area contributed by atoms with Crippen molar-refractivity contribution in [1.29, 1.82) is 0 Å². The molecule has 0 fully saturated rings. The molecular formula is C19H24F3NO3. The van der Waals surface area contributed by atoms with Gasteiger partial charge in [0.2, 0.25) is 5.91 Å². The third kappa shape index (κ3) is 6.90. The van der Waals surface area contributed by atoms with Crippen molar-refractivity contribution in [2.75, 3.05) is 0 Å². The normalized spacial score (nSPS) is 13.9. The fourth-order valence-electron chi connectivity index (χ4n) is 2.15. The number of carbonyl (C=O) groups excluding carboxylic acids is 2. The summed E-state index contributed by atoms with van der Waals surface area (Å²) in [5, 5.41) is 2.67. The molecule has 0 heterocycles. The zero-order valence-corrected chi connectivity index (χ0v) is 15.5. The smallest absolute Gasteiger partial charge is 0.416 e. The highest BCUT2D eigenvalue weighted by Crippen LogP contribution is 2.29. The summed E-state index contributed by atoms with van der Waals surface area (Å²) < 4.78 is 43.0. The van der Waals surface area contributed by atoms with Crippen LogP contribution in [0.2, 0.25) is 0 Å². The van der Waals surface area contributed by atoms with Crippen LogP contribution < -0.4 is 5.32 Å². The van der Waals surface area contributed by atoms with Crippen molar-refractivity contribution in [3.63, 3.8) is 0 Å². The number of ether oxygens (including phenoxy) is 1. The highest BCUT2D eigenvalue weighted by molar-refractivity contribution is 5.95. The Bertz CT molecular complexity index is 671. The van der Waals surface area contributed by atoms with Gasteiger partial charge in [-0.15, -0.1) is 0 Å². The Morgan fingerprint density at radius 1 is 1.15 bits per heavy atom. The van der Waals surface area contributed by atoms with Gasteiger partial charge < -0.3 is 10.1 Å². The van der Waals surface area contributed by atoms with Crippen molar-refractivity contribution in [1.82, 2.24) is 5.32 Å². The van der Waals surface area contributed by atoms with E-state index < -0.39 is 35.3 Å². The Morgan fingerprint density at radius 3 is 2.12 bits per heavy atom. The van der Waals surface area contributed by atoms with Gasteiger partial charge in [0.1, 0.15) is 5.60 Å². The minimum atomic E-state index is -4.40. The van der Waals surface area contributed by atoms with Crippen LogP contribution in [-0.4, -0.2) is 17.5 Å². The van der Waals surface area contributed by atoms with Crippen molar-refractivity contribution in [3.8, 4) is 0 Å². The van der Waals surface area contributed by atoms with Crippen LogP contribution in [0.25, 0.3) is 0 Å². The number of alkyl halides is 3. The molecule has 0 bridgehead atoms. The lowest BCUT2D eigenvalue weighted by atomic mass is 10.1. The molecule has 0 saturated heterocycles. The second-order valence-corrected chi connectivity index (χ2v) is 6.90. The number of benzene rings is 1. The van der Waals surface area contributed by atoms with Crippen LogP contribution in [0.3, 0.4) is 0 Å². The molecule has 1 atom stereocenters. The molecule has 0 aliphatic carbocycles. The molecule has 0 aliphatic heterocycles. The molecule has 7 heteroatoms. The SMILES string of the molecule is C/C=C(\CC(=O)N[C@@H](C)c1ccc(C(F)(F)F)cc1)C(=O)OC(C)(C)C. The maximum Gasteiger partial charge on any atom is 0.416 e. The maximum atomic E-state index is 12.6. The quantitative estimate of drug-likeness (QED) is 0.610. The van der Waals surface area contributed by atoms with Gasteiger partial charge >= 0.3 is 12.1 Å². The van der Waals surface area contributed by atoms with Gasteiger partial charge in [-0.25, -0.2) is 4.79 Å². The van der Waals surface area contributed by atoms with Crippen molar-refractivity contribution in [2.24, 2.45) is 0 Å². The molecule has 1 rings (SSSR count). The molecule has 26 heavy (non-hydrogen) atoms. The van der Waals surface area contributed by atoms with Gasteiger partial charge in [0.15, 0.2) is 0 Å². The number of halogens is 3. The Hall–Kier alpha value is -2.31. The second kappa shape index (κ2) is 8.38. The average molecular weight is 371 g/mol. The van der Waals surface area contributed by atoms with E-state index in [2.05, 4.69) is 5.32 Å². The van der Waals surface area contributed by atoms with E-state index in [1.54, 1.807) is 34.6 Å². The van der Waals surface area contributed by atoms with E-state index in [4.69, 9.17) is 4.74 Å². The first-order chi connectivity index (χ1) is 11.8. The first-order valence-corrected chi connectivity index (χ1v) is 8.18. The number of hydrogen-bond acceptors (Lipinski definition) is 3. The summed E-state index contributed by atoms with van der Waals surface area (Å²) in [5.74, 6) is -0.992. The molecule has 1 amide bonds. The van der Waals surface area contributed by atoms with Crippen molar-refractivity contribution in [3.05, 3.63) is 47.0 Å². The van der Waals surface area contributed by atoms with E-state index in [9.17, 15) is 22.8 Å². The lowest BCUT2D eigenvalue weighted by molar-refractivity contribution is -0.150. The number of hydrogen-bond donors (Lipinski definition) is 1. The summed E-state index contributed by atoms with van der Waals surface area (Å²) in [6, 6.07) is 4.07. The summed E-state index contributed by atoms with van der Waals surface area (Å²) in [5.41, 5.74) is -0.668. The van der Waals surface area contributed by atoms with E-state index >= 15 is 0 Å². The molecule has 0 saturated carbocycles. The van der Waals surface area contributed by atoms with Crippen molar-refractivity contribution < 1.29 is 27.5 Å². The summed E-state index contributed by atoms with van der Waals surface area (Å²) in [7, 11) is 0. The molecule has 1 aromatic rings. The van der Waals surface area contributed by atoms with Crippen LogP contribution in [0, 0.1) is 0 Å². The number of carbonyl (C=O) groups is 2. The molecule has 1 N–H and O–H groups in total. The molecule has 144 valence electrons. The van der Waals surface area contributed by atoms with E-state index in [-0.39, 0.29) is 12.0 Å². The molecular weight excluding hydrogens is 347 g/mol. The number of amides is 1. The Balaban J connectivity index is 2.70. The first-order valence-electron chi connectivity index (χ1n) is 8.18. The largest absolute Gasteiger partial charge is 0.457 e. The Kier molecular flexibility index (Phi) is 7.00. The zero-order chi connectivity index (χ0) is 20.1. The lowest BCUT2D eigenvalue weighted by Gasteiger charge is -2.21. The van der Waals surface area contributed by atoms with Crippen LogP contribution in [0.5, 0.6) is 0 Å². The van der Waals surface area contributed by atoms with Gasteiger partial charge in [-0.05, 0) is 52.3 Å². The fraction of sp³-hybridized carbons (Fsp3) is 0.474. The van der Waals surface area contributed by atoms with Gasteiger partial charge in [-0.1, -0.05) is 18.2 Å². The summed E-state index contributed by atoms with van der Waals surface area (Å²) >= 11 is 0. The Labute approximate surface area is 151 Å². The van der Waals surface area contributed by atoms with Gasteiger partial charge in [-0.3, -0.25) is 4.79 Å². The first kappa shape index (κ1) is 21.7. The minimum absolute atomic E-state index is 0.170. The van der Waals surface area contributed by atoms with Gasteiger partial charge in [0.25, 0.3) is 0 Å². The number of esters is 1. The molecule has 0 unspecified atom stereocenters. The van der Waals surface area contributed by atoms with Crippen LogP contribution in [0.4, 0.5) is 13.2 Å². The predicted octanol–water partition coefficient (Wildman–Crippen LogP) is 4.56. The highest BCUT2D eigenvalue weighted by Gasteiger charge is 2.30. The van der Waals surface area contributed by atoms with E-state index in [1.807, 2.05) is 0 Å². The average Bonchev–Trinajstić information content (AvgIpc) is 2.50. The highest BCUT2D eigenvalue weighted by atomic mass is 19.4. The third-order valence-electron chi connectivity index (χ3n) is 3.48. The second-order valence-electron chi connectivity index (χ2n) is 6.90. The summed E-state index contributed by atoms with van der Waals surface area (Å²) in [4.78, 5) is 24.2. The summed E-state index contributed by atoms with van der Waals surface area (Å²) in [6.07, 6.45) is -3.06. The minimum Gasteiger partial charge on any atom is -0.457 e. The number of nitrogens with one attached hydrogen (secondary N) is 1. The van der Waals surface area contributed by atoms with E-state index in [1.165, 1.54) is 18.2 Å². The van der Waals surface area contributed by atoms with Crippen LogP contribution >= 0.6 is 0 Å². The van der Waals surface area contributed by atoms with Crippen LogP contribution in [0.1, 0.15) is 58.2 Å². The van der Waals surface area contributed by atoms with Gasteiger partial charge in [0.05, 0.1) is 18.0 Å². The fourth-order valence-corrected chi connectivity index (χ4v) is 2.15.